The summed E-state index contributed by atoms with van der Waals surface area (Å²) in [5.74, 6) is -0.0851. The van der Waals surface area contributed by atoms with Crippen LogP contribution in [0.1, 0.15) is 11.1 Å². The molecule has 0 unspecified atom stereocenters. The van der Waals surface area contributed by atoms with Crippen LogP contribution in [0.25, 0.3) is 6.08 Å². The molecule has 3 rings (SSSR count). The zero-order chi connectivity index (χ0) is 17.7. The SMILES string of the molecule is Cn1cc(/C=C/C(=O)N2CCO[C@@](CO)(Cc3ccccc3)C2)cn1. The van der Waals surface area contributed by atoms with Crippen LogP contribution in [0.2, 0.25) is 0 Å². The molecule has 132 valence electrons. The minimum atomic E-state index is -0.753. The Balaban J connectivity index is 1.68. The molecule has 1 N–H and O–H groups in total. The van der Waals surface area contributed by atoms with Crippen LogP contribution in [-0.2, 0) is 23.0 Å². The molecular formula is C19H23N3O3. The number of hydrogen-bond acceptors (Lipinski definition) is 4. The van der Waals surface area contributed by atoms with Gasteiger partial charge < -0.3 is 14.7 Å². The van der Waals surface area contributed by atoms with E-state index < -0.39 is 5.60 Å². The van der Waals surface area contributed by atoms with E-state index in [0.29, 0.717) is 26.1 Å². The van der Waals surface area contributed by atoms with Crippen molar-refractivity contribution in [3.63, 3.8) is 0 Å². The lowest BCUT2D eigenvalue weighted by atomic mass is 9.93. The second-order valence-corrected chi connectivity index (χ2v) is 6.39. The first-order chi connectivity index (χ1) is 12.1. The molecule has 0 bridgehead atoms. The molecule has 1 saturated heterocycles. The summed E-state index contributed by atoms with van der Waals surface area (Å²) < 4.78 is 7.57. The van der Waals surface area contributed by atoms with Crippen LogP contribution in [0.4, 0.5) is 0 Å². The van der Waals surface area contributed by atoms with Crippen molar-refractivity contribution in [3.05, 3.63) is 59.9 Å². The average Bonchev–Trinajstić information content (AvgIpc) is 3.06. The highest BCUT2D eigenvalue weighted by molar-refractivity contribution is 5.91. The second kappa shape index (κ2) is 7.63. The van der Waals surface area contributed by atoms with Crippen molar-refractivity contribution in [2.45, 2.75) is 12.0 Å². The summed E-state index contributed by atoms with van der Waals surface area (Å²) in [6, 6.07) is 9.88. The largest absolute Gasteiger partial charge is 0.393 e. The van der Waals surface area contributed by atoms with Crippen molar-refractivity contribution in [2.75, 3.05) is 26.3 Å². The minimum absolute atomic E-state index is 0.0851. The van der Waals surface area contributed by atoms with Gasteiger partial charge in [0, 0.05) is 37.8 Å². The van der Waals surface area contributed by atoms with Crippen molar-refractivity contribution < 1.29 is 14.6 Å². The summed E-state index contributed by atoms with van der Waals surface area (Å²) >= 11 is 0. The molecule has 25 heavy (non-hydrogen) atoms. The molecule has 1 atom stereocenters. The topological polar surface area (TPSA) is 67.6 Å². The van der Waals surface area contributed by atoms with Gasteiger partial charge in [0.25, 0.3) is 0 Å². The first-order valence-electron chi connectivity index (χ1n) is 8.35. The molecule has 1 aromatic heterocycles. The van der Waals surface area contributed by atoms with Crippen LogP contribution < -0.4 is 0 Å². The number of carbonyl (C=O) groups excluding carboxylic acids is 1. The van der Waals surface area contributed by atoms with Gasteiger partial charge in [0.1, 0.15) is 5.60 Å². The van der Waals surface area contributed by atoms with Crippen LogP contribution in [0.5, 0.6) is 0 Å². The van der Waals surface area contributed by atoms with Crippen molar-refractivity contribution in [1.82, 2.24) is 14.7 Å². The van der Waals surface area contributed by atoms with E-state index in [1.165, 1.54) is 0 Å². The van der Waals surface area contributed by atoms with Crippen molar-refractivity contribution in [3.8, 4) is 0 Å². The van der Waals surface area contributed by atoms with E-state index in [0.717, 1.165) is 11.1 Å². The van der Waals surface area contributed by atoms with Gasteiger partial charge in [-0.25, -0.2) is 0 Å². The first-order valence-corrected chi connectivity index (χ1v) is 8.35. The Morgan fingerprint density at radius 3 is 2.88 bits per heavy atom. The smallest absolute Gasteiger partial charge is 0.246 e. The molecule has 0 aliphatic carbocycles. The fraction of sp³-hybridized carbons (Fsp3) is 0.368. The Bertz CT molecular complexity index is 741. The van der Waals surface area contributed by atoms with Crippen molar-refractivity contribution in [1.29, 1.82) is 0 Å². The van der Waals surface area contributed by atoms with Crippen LogP contribution in [0.3, 0.4) is 0 Å². The first kappa shape index (κ1) is 17.4. The molecule has 1 fully saturated rings. The third-order valence-electron chi connectivity index (χ3n) is 4.36. The monoisotopic (exact) mass is 341 g/mol. The molecule has 6 heteroatoms. The molecule has 1 aliphatic heterocycles. The van der Waals surface area contributed by atoms with E-state index in [1.807, 2.05) is 43.6 Å². The van der Waals surface area contributed by atoms with Crippen LogP contribution in [0.15, 0.2) is 48.8 Å². The molecule has 2 heterocycles. The number of aliphatic hydroxyl groups is 1. The van der Waals surface area contributed by atoms with Gasteiger partial charge in [-0.3, -0.25) is 9.48 Å². The van der Waals surface area contributed by atoms with Gasteiger partial charge >= 0.3 is 0 Å². The lowest BCUT2D eigenvalue weighted by Crippen LogP contribution is -2.56. The number of amides is 1. The number of nitrogens with zero attached hydrogens (tertiary/aromatic N) is 3. The standard InChI is InChI=1S/C19H23N3O3/c1-21-13-17(12-20-21)7-8-18(24)22-9-10-25-19(14-22,15-23)11-16-5-3-2-4-6-16/h2-8,12-13,23H,9-11,14-15H2,1H3/b8-7+/t19-/m0/s1. The predicted molar refractivity (Wildman–Crippen MR) is 94.7 cm³/mol. The highest BCUT2D eigenvalue weighted by atomic mass is 16.5. The number of aromatic nitrogens is 2. The van der Waals surface area contributed by atoms with Gasteiger partial charge in [-0.2, -0.15) is 5.10 Å². The summed E-state index contributed by atoms with van der Waals surface area (Å²) in [5.41, 5.74) is 1.20. The quantitative estimate of drug-likeness (QED) is 0.832. The maximum Gasteiger partial charge on any atom is 0.246 e. The normalized spacial score (nSPS) is 21.0. The molecule has 0 radical (unpaired) electrons. The van der Waals surface area contributed by atoms with Gasteiger partial charge in [-0.05, 0) is 11.6 Å². The summed E-state index contributed by atoms with van der Waals surface area (Å²) in [6.45, 7) is 1.18. The molecule has 1 amide bonds. The lowest BCUT2D eigenvalue weighted by molar-refractivity contribution is -0.153. The summed E-state index contributed by atoms with van der Waals surface area (Å²) in [6.07, 6.45) is 7.42. The molecule has 6 nitrogen and oxygen atoms in total. The lowest BCUT2D eigenvalue weighted by Gasteiger charge is -2.41. The van der Waals surface area contributed by atoms with E-state index in [-0.39, 0.29) is 12.5 Å². The number of morpholine rings is 1. The Morgan fingerprint density at radius 2 is 2.20 bits per heavy atom. The van der Waals surface area contributed by atoms with Crippen LogP contribution in [0, 0.1) is 0 Å². The number of aliphatic hydroxyl groups excluding tert-OH is 1. The minimum Gasteiger partial charge on any atom is -0.393 e. The molecule has 2 aromatic rings. The average molecular weight is 341 g/mol. The number of rotatable bonds is 5. The molecule has 1 aliphatic rings. The van der Waals surface area contributed by atoms with E-state index in [4.69, 9.17) is 4.74 Å². The van der Waals surface area contributed by atoms with Crippen LogP contribution in [-0.4, -0.2) is 57.6 Å². The summed E-state index contributed by atoms with van der Waals surface area (Å²) in [4.78, 5) is 14.2. The van der Waals surface area contributed by atoms with E-state index in [1.54, 1.807) is 27.9 Å². The highest BCUT2D eigenvalue weighted by Crippen LogP contribution is 2.23. The van der Waals surface area contributed by atoms with Gasteiger partial charge in [0.2, 0.25) is 5.91 Å². The van der Waals surface area contributed by atoms with Gasteiger partial charge in [0.05, 0.1) is 26.0 Å². The fourth-order valence-corrected chi connectivity index (χ4v) is 3.06. The third-order valence-corrected chi connectivity index (χ3v) is 4.36. The molecule has 1 aromatic carbocycles. The number of ether oxygens (including phenoxy) is 1. The zero-order valence-electron chi connectivity index (χ0n) is 14.3. The van der Waals surface area contributed by atoms with Gasteiger partial charge in [-0.1, -0.05) is 30.3 Å². The second-order valence-electron chi connectivity index (χ2n) is 6.39. The fourth-order valence-electron chi connectivity index (χ4n) is 3.06. The van der Waals surface area contributed by atoms with Gasteiger partial charge in [0.15, 0.2) is 0 Å². The number of carbonyl (C=O) groups is 1. The highest BCUT2D eigenvalue weighted by Gasteiger charge is 2.37. The number of benzene rings is 1. The Hall–Kier alpha value is -2.44. The predicted octanol–water partition coefficient (Wildman–Crippen LogP) is 1.27. The maximum atomic E-state index is 12.5. The van der Waals surface area contributed by atoms with E-state index >= 15 is 0 Å². The Labute approximate surface area is 147 Å². The Morgan fingerprint density at radius 1 is 1.40 bits per heavy atom. The third kappa shape index (κ3) is 4.35. The van der Waals surface area contributed by atoms with Gasteiger partial charge in [-0.15, -0.1) is 0 Å². The molecule has 0 spiro atoms. The maximum absolute atomic E-state index is 12.5. The van der Waals surface area contributed by atoms with Crippen molar-refractivity contribution in [2.24, 2.45) is 7.05 Å². The van der Waals surface area contributed by atoms with E-state index in [9.17, 15) is 9.90 Å². The number of aryl methyl sites for hydroxylation is 1. The van der Waals surface area contributed by atoms with Crippen molar-refractivity contribution >= 4 is 12.0 Å². The van der Waals surface area contributed by atoms with E-state index in [2.05, 4.69) is 5.10 Å². The molecular weight excluding hydrogens is 318 g/mol. The molecule has 0 saturated carbocycles. The summed E-state index contributed by atoms with van der Waals surface area (Å²) in [5, 5.41) is 14.0. The summed E-state index contributed by atoms with van der Waals surface area (Å²) in [7, 11) is 1.83. The zero-order valence-corrected chi connectivity index (χ0v) is 14.3. The number of hydrogen-bond donors (Lipinski definition) is 1. The van der Waals surface area contributed by atoms with Crippen LogP contribution >= 0.6 is 0 Å². The Kier molecular flexibility index (Phi) is 5.31.